The Hall–Kier alpha value is -2.76. The van der Waals surface area contributed by atoms with E-state index >= 15 is 0 Å². The molecule has 0 aliphatic carbocycles. The largest absolute Gasteiger partial charge is 0.508 e. The van der Waals surface area contributed by atoms with Crippen LogP contribution in [-0.2, 0) is 10.0 Å². The molecule has 2 heterocycles. The molecule has 3 aromatic rings. The molecule has 1 unspecified atom stereocenters. The van der Waals surface area contributed by atoms with Gasteiger partial charge in [-0.05, 0) is 61.0 Å². The van der Waals surface area contributed by atoms with Crippen molar-refractivity contribution in [1.29, 1.82) is 5.26 Å². The van der Waals surface area contributed by atoms with Crippen LogP contribution < -0.4 is 4.31 Å². The number of halogens is 1. The highest BCUT2D eigenvalue weighted by Crippen LogP contribution is 2.45. The van der Waals surface area contributed by atoms with Crippen molar-refractivity contribution >= 4 is 31.6 Å². The minimum absolute atomic E-state index is 0.000295. The number of aromatic nitrogens is 1. The quantitative estimate of drug-likeness (QED) is 0.627. The summed E-state index contributed by atoms with van der Waals surface area (Å²) in [5.41, 5.74) is 2.33. The predicted molar refractivity (Wildman–Crippen MR) is 109 cm³/mol. The number of fused-ring (bicyclic) bond motifs is 3. The molecule has 1 N–H and O–H groups in total. The summed E-state index contributed by atoms with van der Waals surface area (Å²) in [6, 6.07) is 16.1. The lowest BCUT2D eigenvalue weighted by atomic mass is 10.1. The van der Waals surface area contributed by atoms with E-state index in [2.05, 4.69) is 22.0 Å². The Kier molecular flexibility index (Phi) is 4.44. The summed E-state index contributed by atoms with van der Waals surface area (Å²) in [5.74, 6) is 0.000295. The lowest BCUT2D eigenvalue weighted by Crippen LogP contribution is -2.39. The average Bonchev–Trinajstić information content (AvgIpc) is 3.11. The average molecular weight is 458 g/mol. The lowest BCUT2D eigenvalue weighted by Gasteiger charge is -2.38. The second-order valence-corrected chi connectivity index (χ2v) is 9.17. The number of nitriles is 1. The first kappa shape index (κ1) is 18.6. The van der Waals surface area contributed by atoms with Gasteiger partial charge in [0.2, 0.25) is 0 Å². The topological polar surface area (TPSA) is 86.3 Å². The molecule has 1 aliphatic rings. The molecular formula is C20H16BrN3O3S. The van der Waals surface area contributed by atoms with Crippen LogP contribution in [0.25, 0.3) is 5.69 Å². The number of hydrogen-bond acceptors (Lipinski definition) is 4. The SMILES string of the molecule is CCC1c2ccc(C#N)n2-c2ccc(Br)cc2N1S(=O)(=O)c1ccc(O)cc1. The third-order valence-corrected chi connectivity index (χ3v) is 7.18. The maximum absolute atomic E-state index is 13.6. The molecule has 0 saturated carbocycles. The molecule has 142 valence electrons. The molecule has 0 saturated heterocycles. The Morgan fingerprint density at radius 1 is 1.11 bits per heavy atom. The van der Waals surface area contributed by atoms with Crippen molar-refractivity contribution in [2.45, 2.75) is 24.3 Å². The number of nitrogens with zero attached hydrogens (tertiary/aromatic N) is 3. The first-order valence-electron chi connectivity index (χ1n) is 8.63. The number of rotatable bonds is 3. The van der Waals surface area contributed by atoms with Crippen LogP contribution in [0.4, 0.5) is 5.69 Å². The number of phenolic OH excluding ortho intramolecular Hbond substituents is 1. The van der Waals surface area contributed by atoms with E-state index in [0.29, 0.717) is 23.5 Å². The van der Waals surface area contributed by atoms with E-state index < -0.39 is 16.1 Å². The number of sulfonamides is 1. The zero-order valence-corrected chi connectivity index (χ0v) is 17.3. The third-order valence-electron chi connectivity index (χ3n) is 4.85. The summed E-state index contributed by atoms with van der Waals surface area (Å²) < 4.78 is 31.1. The smallest absolute Gasteiger partial charge is 0.265 e. The van der Waals surface area contributed by atoms with Crippen LogP contribution in [0.15, 0.2) is 64.0 Å². The Labute approximate surface area is 171 Å². The first-order valence-corrected chi connectivity index (χ1v) is 10.9. The molecule has 8 heteroatoms. The van der Waals surface area contributed by atoms with Gasteiger partial charge in [0.05, 0.1) is 22.3 Å². The van der Waals surface area contributed by atoms with Crippen molar-refractivity contribution in [3.63, 3.8) is 0 Å². The minimum atomic E-state index is -3.91. The molecule has 6 nitrogen and oxygen atoms in total. The fourth-order valence-electron chi connectivity index (χ4n) is 3.62. The fraction of sp³-hybridized carbons (Fsp3) is 0.150. The number of aromatic hydroxyl groups is 1. The summed E-state index contributed by atoms with van der Waals surface area (Å²) in [6.45, 7) is 1.91. The Morgan fingerprint density at radius 2 is 1.82 bits per heavy atom. The van der Waals surface area contributed by atoms with Crippen LogP contribution in [0.2, 0.25) is 0 Å². The molecular weight excluding hydrogens is 442 g/mol. The van der Waals surface area contributed by atoms with Gasteiger partial charge < -0.3 is 9.67 Å². The van der Waals surface area contributed by atoms with Gasteiger partial charge in [0.1, 0.15) is 17.5 Å². The molecule has 0 radical (unpaired) electrons. The molecule has 28 heavy (non-hydrogen) atoms. The molecule has 2 aromatic carbocycles. The maximum atomic E-state index is 13.6. The normalized spacial score (nSPS) is 15.6. The molecule has 1 atom stereocenters. The van der Waals surface area contributed by atoms with Crippen LogP contribution >= 0.6 is 15.9 Å². The molecule has 0 spiro atoms. The number of anilines is 1. The Bertz CT molecular complexity index is 1210. The monoisotopic (exact) mass is 457 g/mol. The van der Waals surface area contributed by atoms with E-state index in [1.54, 1.807) is 24.3 Å². The summed E-state index contributed by atoms with van der Waals surface area (Å²) in [4.78, 5) is 0.0928. The highest BCUT2D eigenvalue weighted by Gasteiger charge is 2.39. The van der Waals surface area contributed by atoms with Crippen LogP contribution in [0.3, 0.4) is 0 Å². The molecule has 1 aliphatic heterocycles. The van der Waals surface area contributed by atoms with Crippen LogP contribution in [0, 0.1) is 11.3 Å². The summed E-state index contributed by atoms with van der Waals surface area (Å²) in [5, 5.41) is 19.1. The Balaban J connectivity index is 2.01. The predicted octanol–water partition coefficient (Wildman–Crippen LogP) is 4.48. The highest BCUT2D eigenvalue weighted by molar-refractivity contribution is 9.10. The summed E-state index contributed by atoms with van der Waals surface area (Å²) in [7, 11) is -3.91. The van der Waals surface area contributed by atoms with Crippen molar-refractivity contribution in [2.75, 3.05) is 4.31 Å². The summed E-state index contributed by atoms with van der Waals surface area (Å²) in [6.07, 6.45) is 0.526. The van der Waals surface area contributed by atoms with Crippen molar-refractivity contribution < 1.29 is 13.5 Å². The second-order valence-electron chi connectivity index (χ2n) is 6.44. The van der Waals surface area contributed by atoms with E-state index in [-0.39, 0.29) is 10.6 Å². The van der Waals surface area contributed by atoms with E-state index in [1.165, 1.54) is 28.6 Å². The van der Waals surface area contributed by atoms with Gasteiger partial charge in [0, 0.05) is 10.2 Å². The van der Waals surface area contributed by atoms with E-state index in [0.717, 1.165) is 10.2 Å². The summed E-state index contributed by atoms with van der Waals surface area (Å²) >= 11 is 3.43. The van der Waals surface area contributed by atoms with E-state index in [1.807, 2.05) is 17.6 Å². The molecule has 4 rings (SSSR count). The van der Waals surface area contributed by atoms with Crippen molar-refractivity contribution in [1.82, 2.24) is 4.57 Å². The Morgan fingerprint density at radius 3 is 2.46 bits per heavy atom. The van der Waals surface area contributed by atoms with Gasteiger partial charge >= 0.3 is 0 Å². The fourth-order valence-corrected chi connectivity index (χ4v) is 5.68. The van der Waals surface area contributed by atoms with Crippen LogP contribution in [0.5, 0.6) is 5.75 Å². The van der Waals surface area contributed by atoms with Gasteiger partial charge in [0.25, 0.3) is 10.0 Å². The first-order chi connectivity index (χ1) is 13.4. The van der Waals surface area contributed by atoms with Gasteiger partial charge in [-0.3, -0.25) is 4.31 Å². The zero-order chi connectivity index (χ0) is 20.1. The standard InChI is InChI=1S/C20H16BrN3O3S/c1-2-17-18-10-4-14(12-22)23(18)19-9-3-13(21)11-20(19)24(17)28(26,27)16-7-5-15(25)6-8-16/h3-11,17,25H,2H2,1H3. The number of hydrogen-bond donors (Lipinski definition) is 1. The van der Waals surface area contributed by atoms with Crippen LogP contribution in [0.1, 0.15) is 30.8 Å². The zero-order valence-electron chi connectivity index (χ0n) is 14.9. The third kappa shape index (κ3) is 2.70. The van der Waals surface area contributed by atoms with Crippen molar-refractivity contribution in [2.24, 2.45) is 0 Å². The highest BCUT2D eigenvalue weighted by atomic mass is 79.9. The molecule has 0 fully saturated rings. The maximum Gasteiger partial charge on any atom is 0.265 e. The van der Waals surface area contributed by atoms with Crippen molar-refractivity contribution in [3.05, 3.63) is 70.5 Å². The van der Waals surface area contributed by atoms with Crippen molar-refractivity contribution in [3.8, 4) is 17.5 Å². The molecule has 0 bridgehead atoms. The molecule has 1 aromatic heterocycles. The second kappa shape index (κ2) is 6.69. The number of phenols is 1. The minimum Gasteiger partial charge on any atom is -0.508 e. The van der Waals surface area contributed by atoms with Gasteiger partial charge in [-0.1, -0.05) is 22.9 Å². The molecule has 0 amide bonds. The van der Waals surface area contributed by atoms with Gasteiger partial charge in [0.15, 0.2) is 0 Å². The van der Waals surface area contributed by atoms with Gasteiger partial charge in [-0.25, -0.2) is 8.42 Å². The van der Waals surface area contributed by atoms with Gasteiger partial charge in [-0.2, -0.15) is 5.26 Å². The van der Waals surface area contributed by atoms with Crippen LogP contribution in [-0.4, -0.2) is 18.1 Å². The number of benzene rings is 2. The van der Waals surface area contributed by atoms with E-state index in [4.69, 9.17) is 0 Å². The lowest BCUT2D eigenvalue weighted by molar-refractivity contribution is 0.474. The van der Waals surface area contributed by atoms with Gasteiger partial charge in [-0.15, -0.1) is 0 Å². The van der Waals surface area contributed by atoms with E-state index in [9.17, 15) is 18.8 Å².